The van der Waals surface area contributed by atoms with Gasteiger partial charge in [0.05, 0.1) is 0 Å². The molecule has 0 aromatic heterocycles. The zero-order valence-corrected chi connectivity index (χ0v) is 9.71. The summed E-state index contributed by atoms with van der Waals surface area (Å²) in [6.07, 6.45) is 0. The highest BCUT2D eigenvalue weighted by Crippen LogP contribution is 2.17. The third-order valence-corrected chi connectivity index (χ3v) is 3.55. The van der Waals surface area contributed by atoms with E-state index in [0.717, 1.165) is 0 Å². The van der Waals surface area contributed by atoms with Crippen molar-refractivity contribution in [2.45, 2.75) is 9.79 Å². The van der Waals surface area contributed by atoms with Crippen LogP contribution >= 0.6 is 0 Å². The van der Waals surface area contributed by atoms with Gasteiger partial charge in [-0.05, 0) is 24.3 Å². The largest absolute Gasteiger partial charge is 1.00 e. The topological polar surface area (TPSA) is 26.0 Å². The first kappa shape index (κ1) is 12.1. The summed E-state index contributed by atoms with van der Waals surface area (Å²) >= 11 is -0.297. The van der Waals surface area contributed by atoms with Crippen molar-refractivity contribution in [2.24, 2.45) is 5.14 Å². The van der Waals surface area contributed by atoms with Crippen molar-refractivity contribution >= 4 is 11.1 Å². The van der Waals surface area contributed by atoms with Crippen LogP contribution in [0.2, 0.25) is 0 Å². The molecule has 15 heavy (non-hydrogen) atoms. The standard InChI is InChI=1S/C12H12NS.ClH/c13-14(11-7-3-1-4-8-11)12-9-5-2-6-10-12;/h1-10H,13H2;1H/q+1;/p-1. The SMILES string of the molecule is N[S+](c1ccccc1)c1ccccc1.[Cl-]. The van der Waals surface area contributed by atoms with Crippen molar-refractivity contribution in [3.8, 4) is 0 Å². The Labute approximate surface area is 99.2 Å². The molecule has 1 nitrogen and oxygen atoms in total. The molecule has 0 unspecified atom stereocenters. The molecule has 0 saturated carbocycles. The molecule has 0 spiro atoms. The summed E-state index contributed by atoms with van der Waals surface area (Å²) in [4.78, 5) is 2.36. The Hall–Kier alpha value is -0.960. The van der Waals surface area contributed by atoms with Crippen LogP contribution in [0.25, 0.3) is 0 Å². The van der Waals surface area contributed by atoms with Gasteiger partial charge in [0.2, 0.25) is 0 Å². The van der Waals surface area contributed by atoms with E-state index in [4.69, 9.17) is 5.14 Å². The monoisotopic (exact) mass is 237 g/mol. The summed E-state index contributed by atoms with van der Waals surface area (Å²) in [7, 11) is 0. The van der Waals surface area contributed by atoms with Crippen molar-refractivity contribution in [1.29, 1.82) is 0 Å². The predicted molar refractivity (Wildman–Crippen MR) is 61.0 cm³/mol. The van der Waals surface area contributed by atoms with Crippen LogP contribution in [0.15, 0.2) is 70.5 Å². The zero-order valence-electron chi connectivity index (χ0n) is 8.14. The zero-order chi connectivity index (χ0) is 9.80. The maximum absolute atomic E-state index is 6.14. The van der Waals surface area contributed by atoms with Gasteiger partial charge in [-0.1, -0.05) is 36.4 Å². The molecule has 78 valence electrons. The second-order valence-corrected chi connectivity index (χ2v) is 4.58. The van der Waals surface area contributed by atoms with Crippen LogP contribution in [0.5, 0.6) is 0 Å². The Balaban J connectivity index is 0.00000112. The van der Waals surface area contributed by atoms with E-state index in [0.29, 0.717) is 0 Å². The fourth-order valence-electron chi connectivity index (χ4n) is 1.27. The minimum absolute atomic E-state index is 0. The molecule has 0 heterocycles. The van der Waals surface area contributed by atoms with E-state index in [-0.39, 0.29) is 23.5 Å². The molecular formula is C12H12ClNS. The molecule has 2 rings (SSSR count). The van der Waals surface area contributed by atoms with E-state index in [2.05, 4.69) is 24.3 Å². The lowest BCUT2D eigenvalue weighted by Gasteiger charge is -1.99. The van der Waals surface area contributed by atoms with Gasteiger partial charge in [-0.3, -0.25) is 0 Å². The van der Waals surface area contributed by atoms with Crippen molar-refractivity contribution in [2.75, 3.05) is 0 Å². The van der Waals surface area contributed by atoms with Crippen LogP contribution in [0.3, 0.4) is 0 Å². The minimum Gasteiger partial charge on any atom is -1.00 e. The Morgan fingerprint density at radius 1 is 0.667 bits per heavy atom. The average molecular weight is 238 g/mol. The lowest BCUT2D eigenvalue weighted by atomic mass is 10.4. The first-order chi connectivity index (χ1) is 6.88. The molecule has 0 aliphatic heterocycles. The average Bonchev–Trinajstić information content (AvgIpc) is 2.30. The Morgan fingerprint density at radius 2 is 1.00 bits per heavy atom. The third kappa shape index (κ3) is 2.99. The summed E-state index contributed by atoms with van der Waals surface area (Å²) in [5.74, 6) is 0. The predicted octanol–water partition coefficient (Wildman–Crippen LogP) is -0.399. The highest BCUT2D eigenvalue weighted by molar-refractivity contribution is 7.94. The van der Waals surface area contributed by atoms with Gasteiger partial charge in [-0.25, -0.2) is 0 Å². The van der Waals surface area contributed by atoms with E-state index in [1.165, 1.54) is 9.79 Å². The first-order valence-corrected chi connectivity index (χ1v) is 5.75. The van der Waals surface area contributed by atoms with E-state index >= 15 is 0 Å². The van der Waals surface area contributed by atoms with Gasteiger partial charge in [-0.2, -0.15) is 0 Å². The van der Waals surface area contributed by atoms with E-state index < -0.39 is 0 Å². The highest BCUT2D eigenvalue weighted by Gasteiger charge is 2.19. The highest BCUT2D eigenvalue weighted by atomic mass is 35.5. The van der Waals surface area contributed by atoms with Gasteiger partial charge in [0, 0.05) is 0 Å². The fourth-order valence-corrected chi connectivity index (χ4v) is 2.44. The quantitative estimate of drug-likeness (QED) is 0.707. The number of benzene rings is 2. The van der Waals surface area contributed by atoms with E-state index in [9.17, 15) is 0 Å². The molecule has 0 aliphatic carbocycles. The smallest absolute Gasteiger partial charge is 0.181 e. The maximum Gasteiger partial charge on any atom is 0.181 e. The first-order valence-electron chi connectivity index (χ1n) is 4.47. The number of hydrogen-bond acceptors (Lipinski definition) is 1. The van der Waals surface area contributed by atoms with Crippen molar-refractivity contribution < 1.29 is 12.4 Å². The molecule has 0 aliphatic rings. The molecular weight excluding hydrogens is 226 g/mol. The molecule has 0 radical (unpaired) electrons. The van der Waals surface area contributed by atoms with Crippen LogP contribution < -0.4 is 17.5 Å². The summed E-state index contributed by atoms with van der Waals surface area (Å²) in [6.45, 7) is 0. The van der Waals surface area contributed by atoms with E-state index in [1.807, 2.05) is 36.4 Å². The molecule has 0 bridgehead atoms. The Morgan fingerprint density at radius 3 is 1.33 bits per heavy atom. The summed E-state index contributed by atoms with van der Waals surface area (Å²) < 4.78 is 0. The molecule has 2 aromatic rings. The summed E-state index contributed by atoms with van der Waals surface area (Å²) in [5, 5.41) is 6.14. The molecule has 2 aromatic carbocycles. The molecule has 2 N–H and O–H groups in total. The van der Waals surface area contributed by atoms with Gasteiger partial charge in [-0.15, -0.1) is 5.14 Å². The van der Waals surface area contributed by atoms with Crippen LogP contribution in [0.4, 0.5) is 0 Å². The normalized spacial score (nSPS) is 9.73. The molecule has 0 fully saturated rings. The Kier molecular flexibility index (Phi) is 4.69. The second-order valence-electron chi connectivity index (χ2n) is 2.96. The Bertz CT molecular complexity index is 351. The third-order valence-electron chi connectivity index (χ3n) is 1.99. The second kappa shape index (κ2) is 5.81. The van der Waals surface area contributed by atoms with Gasteiger partial charge in [0.1, 0.15) is 11.1 Å². The molecule has 0 atom stereocenters. The lowest BCUT2D eigenvalue weighted by Crippen LogP contribution is -3.00. The van der Waals surface area contributed by atoms with Crippen molar-refractivity contribution in [3.63, 3.8) is 0 Å². The number of nitrogens with two attached hydrogens (primary N) is 1. The molecule has 0 amide bonds. The number of rotatable bonds is 2. The van der Waals surface area contributed by atoms with Crippen LogP contribution in [0.1, 0.15) is 0 Å². The van der Waals surface area contributed by atoms with Crippen LogP contribution in [-0.4, -0.2) is 0 Å². The minimum atomic E-state index is -0.297. The summed E-state index contributed by atoms with van der Waals surface area (Å²) in [5.41, 5.74) is 0. The molecule has 0 saturated heterocycles. The van der Waals surface area contributed by atoms with Gasteiger partial charge in [0.15, 0.2) is 9.79 Å². The number of hydrogen-bond donors (Lipinski definition) is 1. The summed E-state index contributed by atoms with van der Waals surface area (Å²) in [6, 6.07) is 20.3. The molecule has 3 heteroatoms. The maximum atomic E-state index is 6.14. The fraction of sp³-hybridized carbons (Fsp3) is 0. The van der Waals surface area contributed by atoms with Crippen LogP contribution in [-0.2, 0) is 11.1 Å². The van der Waals surface area contributed by atoms with Crippen molar-refractivity contribution in [3.05, 3.63) is 60.7 Å². The van der Waals surface area contributed by atoms with Gasteiger partial charge >= 0.3 is 0 Å². The number of halogens is 1. The van der Waals surface area contributed by atoms with Crippen molar-refractivity contribution in [1.82, 2.24) is 0 Å². The van der Waals surface area contributed by atoms with Gasteiger partial charge < -0.3 is 12.4 Å². The van der Waals surface area contributed by atoms with E-state index in [1.54, 1.807) is 0 Å². The van der Waals surface area contributed by atoms with Gasteiger partial charge in [0.25, 0.3) is 0 Å². The lowest BCUT2D eigenvalue weighted by molar-refractivity contribution is -0.00000291. The van der Waals surface area contributed by atoms with Crippen LogP contribution in [0, 0.1) is 0 Å².